The third-order valence-corrected chi connectivity index (χ3v) is 4.50. The molecule has 1 atom stereocenters. The first-order chi connectivity index (χ1) is 12.3. The highest BCUT2D eigenvalue weighted by Gasteiger charge is 2.29. The van der Waals surface area contributed by atoms with Crippen LogP contribution in [0.2, 0.25) is 0 Å². The molecular weight excluding hydrogens is 317 g/mol. The van der Waals surface area contributed by atoms with E-state index in [0.29, 0.717) is 16.8 Å². The second-order valence-electron chi connectivity index (χ2n) is 6.03. The van der Waals surface area contributed by atoms with Gasteiger partial charge < -0.3 is 9.88 Å². The molecule has 124 valence electrons. The molecule has 1 aromatic carbocycles. The van der Waals surface area contributed by atoms with Gasteiger partial charge in [0.05, 0.1) is 23.5 Å². The quantitative estimate of drug-likeness (QED) is 0.791. The van der Waals surface area contributed by atoms with E-state index in [1.807, 2.05) is 12.1 Å². The summed E-state index contributed by atoms with van der Waals surface area (Å²) in [4.78, 5) is 14.3. The van der Waals surface area contributed by atoms with Crippen molar-refractivity contribution < 1.29 is 4.39 Å². The molecule has 3 heterocycles. The van der Waals surface area contributed by atoms with Gasteiger partial charge >= 0.3 is 0 Å². The van der Waals surface area contributed by atoms with Crippen LogP contribution in [0.4, 0.5) is 10.2 Å². The molecule has 25 heavy (non-hydrogen) atoms. The van der Waals surface area contributed by atoms with E-state index in [1.54, 1.807) is 30.6 Å². The van der Waals surface area contributed by atoms with Crippen molar-refractivity contribution in [3.05, 3.63) is 66.0 Å². The maximum Gasteiger partial charge on any atom is 0.132 e. The van der Waals surface area contributed by atoms with Gasteiger partial charge in [-0.2, -0.15) is 5.26 Å². The van der Waals surface area contributed by atoms with E-state index in [1.165, 1.54) is 6.07 Å². The number of hydrogen-bond donors (Lipinski definition) is 1. The summed E-state index contributed by atoms with van der Waals surface area (Å²) in [5.41, 5.74) is 1.73. The second kappa shape index (κ2) is 6.36. The minimum atomic E-state index is -0.269. The summed E-state index contributed by atoms with van der Waals surface area (Å²) in [6.45, 7) is 0.874. The lowest BCUT2D eigenvalue weighted by molar-refractivity contribution is 0.630. The molecule has 0 radical (unpaired) electrons. The van der Waals surface area contributed by atoms with Crippen molar-refractivity contribution in [2.45, 2.75) is 18.9 Å². The van der Waals surface area contributed by atoms with Crippen molar-refractivity contribution in [3.63, 3.8) is 0 Å². The van der Waals surface area contributed by atoms with E-state index in [-0.39, 0.29) is 11.9 Å². The third kappa shape index (κ3) is 2.85. The lowest BCUT2D eigenvalue weighted by Crippen LogP contribution is -2.24. The van der Waals surface area contributed by atoms with Crippen LogP contribution in [0.15, 0.2) is 48.8 Å². The van der Waals surface area contributed by atoms with Crippen molar-refractivity contribution in [3.8, 4) is 17.3 Å². The second-order valence-corrected chi connectivity index (χ2v) is 6.03. The SMILES string of the molecule is N#Cc1ccc(N2CCC[C@H]2c2ncc(-c3ccccc3F)[nH]2)nc1. The molecule has 4 rings (SSSR count). The van der Waals surface area contributed by atoms with Crippen LogP contribution in [0.3, 0.4) is 0 Å². The number of imidazole rings is 1. The van der Waals surface area contributed by atoms with Crippen LogP contribution in [-0.4, -0.2) is 21.5 Å². The zero-order chi connectivity index (χ0) is 17.2. The molecule has 1 aliphatic rings. The van der Waals surface area contributed by atoms with E-state index in [0.717, 1.165) is 31.0 Å². The number of aromatic nitrogens is 3. The Hall–Kier alpha value is -3.20. The van der Waals surface area contributed by atoms with Crippen LogP contribution in [-0.2, 0) is 0 Å². The number of nitriles is 1. The number of benzene rings is 1. The summed E-state index contributed by atoms with van der Waals surface area (Å²) in [7, 11) is 0. The fraction of sp³-hybridized carbons (Fsp3) is 0.211. The molecule has 0 aliphatic carbocycles. The summed E-state index contributed by atoms with van der Waals surface area (Å²) >= 11 is 0. The molecule has 0 saturated carbocycles. The van der Waals surface area contributed by atoms with Crippen LogP contribution < -0.4 is 4.90 Å². The highest BCUT2D eigenvalue weighted by atomic mass is 19.1. The Bertz CT molecular complexity index is 925. The predicted octanol–water partition coefficient (Wildman–Crippen LogP) is 3.82. The van der Waals surface area contributed by atoms with Crippen LogP contribution in [0.25, 0.3) is 11.3 Å². The zero-order valence-corrected chi connectivity index (χ0v) is 13.5. The Labute approximate surface area is 144 Å². The lowest BCUT2D eigenvalue weighted by atomic mass is 10.1. The molecule has 0 unspecified atom stereocenters. The maximum absolute atomic E-state index is 14.0. The van der Waals surface area contributed by atoms with Gasteiger partial charge in [-0.15, -0.1) is 0 Å². The first kappa shape index (κ1) is 15.3. The molecule has 1 aliphatic heterocycles. The van der Waals surface area contributed by atoms with Crippen LogP contribution in [0, 0.1) is 17.1 Å². The highest BCUT2D eigenvalue weighted by Crippen LogP contribution is 2.34. The van der Waals surface area contributed by atoms with E-state index < -0.39 is 0 Å². The monoisotopic (exact) mass is 333 g/mol. The van der Waals surface area contributed by atoms with Gasteiger partial charge in [0.1, 0.15) is 23.5 Å². The fourth-order valence-electron chi connectivity index (χ4n) is 3.27. The molecule has 1 N–H and O–H groups in total. The minimum absolute atomic E-state index is 0.0703. The molecule has 0 bridgehead atoms. The maximum atomic E-state index is 14.0. The smallest absolute Gasteiger partial charge is 0.132 e. The minimum Gasteiger partial charge on any atom is -0.346 e. The number of hydrogen-bond acceptors (Lipinski definition) is 4. The number of aromatic amines is 1. The summed E-state index contributed by atoms with van der Waals surface area (Å²) < 4.78 is 14.0. The first-order valence-corrected chi connectivity index (χ1v) is 8.19. The van der Waals surface area contributed by atoms with Gasteiger partial charge in [-0.3, -0.25) is 0 Å². The van der Waals surface area contributed by atoms with Crippen LogP contribution in [0.5, 0.6) is 0 Å². The van der Waals surface area contributed by atoms with Gasteiger partial charge in [0.2, 0.25) is 0 Å². The van der Waals surface area contributed by atoms with Crippen molar-refractivity contribution in [2.75, 3.05) is 11.4 Å². The number of halogens is 1. The van der Waals surface area contributed by atoms with E-state index in [2.05, 4.69) is 25.9 Å². The largest absolute Gasteiger partial charge is 0.346 e. The number of rotatable bonds is 3. The Morgan fingerprint density at radius 2 is 2.04 bits per heavy atom. The van der Waals surface area contributed by atoms with Gasteiger partial charge in [0.15, 0.2) is 0 Å². The van der Waals surface area contributed by atoms with Gasteiger partial charge in [0.25, 0.3) is 0 Å². The lowest BCUT2D eigenvalue weighted by Gasteiger charge is -2.24. The summed E-state index contributed by atoms with van der Waals surface area (Å²) in [5, 5.41) is 8.91. The fourth-order valence-corrected chi connectivity index (χ4v) is 3.27. The Balaban J connectivity index is 1.63. The summed E-state index contributed by atoms with van der Waals surface area (Å²) in [5.74, 6) is 1.36. The molecule has 1 fully saturated rings. The molecule has 2 aromatic heterocycles. The zero-order valence-electron chi connectivity index (χ0n) is 13.5. The van der Waals surface area contributed by atoms with Crippen molar-refractivity contribution in [1.29, 1.82) is 5.26 Å². The Morgan fingerprint density at radius 1 is 1.16 bits per heavy atom. The van der Waals surface area contributed by atoms with Gasteiger partial charge in [-0.05, 0) is 37.1 Å². The van der Waals surface area contributed by atoms with Gasteiger partial charge in [-0.25, -0.2) is 14.4 Å². The normalized spacial score (nSPS) is 16.8. The van der Waals surface area contributed by atoms with Gasteiger partial charge in [0, 0.05) is 18.3 Å². The molecule has 0 spiro atoms. The average molecular weight is 333 g/mol. The van der Waals surface area contributed by atoms with Crippen molar-refractivity contribution in [1.82, 2.24) is 15.0 Å². The van der Waals surface area contributed by atoms with Crippen LogP contribution in [0.1, 0.15) is 30.3 Å². The Morgan fingerprint density at radius 3 is 2.80 bits per heavy atom. The summed E-state index contributed by atoms with van der Waals surface area (Å²) in [6, 6.07) is 12.4. The predicted molar refractivity (Wildman–Crippen MR) is 92.3 cm³/mol. The topological polar surface area (TPSA) is 68.6 Å². The van der Waals surface area contributed by atoms with Crippen molar-refractivity contribution in [2.24, 2.45) is 0 Å². The van der Waals surface area contributed by atoms with E-state index in [4.69, 9.17) is 5.26 Å². The summed E-state index contributed by atoms with van der Waals surface area (Å²) in [6.07, 6.45) is 5.24. The Kier molecular flexibility index (Phi) is 3.90. The molecule has 5 nitrogen and oxygen atoms in total. The highest BCUT2D eigenvalue weighted by molar-refractivity contribution is 5.59. The molecular formula is C19H16FN5. The molecule has 0 amide bonds. The third-order valence-electron chi connectivity index (χ3n) is 4.50. The van der Waals surface area contributed by atoms with E-state index in [9.17, 15) is 4.39 Å². The number of pyridine rings is 1. The molecule has 3 aromatic rings. The number of anilines is 1. The van der Waals surface area contributed by atoms with Crippen molar-refractivity contribution >= 4 is 5.82 Å². The van der Waals surface area contributed by atoms with Crippen LogP contribution >= 0.6 is 0 Å². The standard InChI is InChI=1S/C19H16FN5/c20-15-5-2-1-4-14(15)16-12-23-19(24-16)17-6-3-9-25(17)18-8-7-13(10-21)11-22-18/h1-2,4-5,7-8,11-12,17H,3,6,9H2,(H,23,24)/t17-/m0/s1. The molecule has 6 heteroatoms. The number of nitrogens with one attached hydrogen (secondary N) is 1. The first-order valence-electron chi connectivity index (χ1n) is 8.19. The average Bonchev–Trinajstić information content (AvgIpc) is 3.31. The number of H-pyrrole nitrogens is 1. The van der Waals surface area contributed by atoms with E-state index >= 15 is 0 Å². The molecule has 1 saturated heterocycles. The van der Waals surface area contributed by atoms with Gasteiger partial charge in [-0.1, -0.05) is 12.1 Å². The number of nitrogens with zero attached hydrogens (tertiary/aromatic N) is 4.